The molecule has 0 spiro atoms. The first kappa shape index (κ1) is 15.6. The van der Waals surface area contributed by atoms with E-state index in [0.717, 1.165) is 12.2 Å². The van der Waals surface area contributed by atoms with Crippen molar-refractivity contribution in [1.82, 2.24) is 14.9 Å². The first-order valence-corrected chi connectivity index (χ1v) is 7.18. The minimum Gasteiger partial charge on any atom is -0.338 e. The molecule has 2 rings (SSSR count). The molecule has 1 unspecified atom stereocenters. The highest BCUT2D eigenvalue weighted by molar-refractivity contribution is 5.30. The summed E-state index contributed by atoms with van der Waals surface area (Å²) in [5.74, 6) is -0.192. The van der Waals surface area contributed by atoms with Crippen LogP contribution >= 0.6 is 0 Å². The van der Waals surface area contributed by atoms with Crippen LogP contribution in [0.4, 0.5) is 8.78 Å². The topological polar surface area (TPSA) is 29.9 Å². The van der Waals surface area contributed by atoms with Gasteiger partial charge in [0.15, 0.2) is 0 Å². The zero-order chi connectivity index (χ0) is 15.4. The molecular formula is C16H21F2N3. The second kappa shape index (κ2) is 6.80. The summed E-state index contributed by atoms with van der Waals surface area (Å²) in [6.45, 7) is 4.37. The Morgan fingerprint density at radius 2 is 2.10 bits per heavy atom. The van der Waals surface area contributed by atoms with E-state index in [-0.39, 0.29) is 5.56 Å². The summed E-state index contributed by atoms with van der Waals surface area (Å²) in [5, 5.41) is 3.23. The molecule has 2 aromatic rings. The summed E-state index contributed by atoms with van der Waals surface area (Å²) < 4.78 is 30.4. The van der Waals surface area contributed by atoms with Gasteiger partial charge in [0, 0.05) is 37.5 Å². The van der Waals surface area contributed by atoms with E-state index in [1.54, 1.807) is 13.1 Å². The second-order valence-corrected chi connectivity index (χ2v) is 5.26. The van der Waals surface area contributed by atoms with Gasteiger partial charge in [0.25, 0.3) is 0 Å². The molecule has 114 valence electrons. The lowest BCUT2D eigenvalue weighted by atomic mass is 9.99. The minimum atomic E-state index is -0.513. The van der Waals surface area contributed by atoms with Gasteiger partial charge in [-0.3, -0.25) is 0 Å². The molecule has 0 aliphatic heterocycles. The number of nitrogens with one attached hydrogen (secondary N) is 1. The molecule has 0 bridgehead atoms. The fraction of sp³-hybridized carbons (Fsp3) is 0.438. The van der Waals surface area contributed by atoms with Gasteiger partial charge in [-0.25, -0.2) is 13.8 Å². The predicted molar refractivity (Wildman–Crippen MR) is 79.0 cm³/mol. The summed E-state index contributed by atoms with van der Waals surface area (Å²) in [6.07, 6.45) is 4.86. The number of halogens is 2. The Labute approximate surface area is 124 Å². The number of rotatable bonds is 6. The lowest BCUT2D eigenvalue weighted by molar-refractivity contribution is 0.453. The molecule has 0 fully saturated rings. The van der Waals surface area contributed by atoms with Crippen LogP contribution in [0.2, 0.25) is 0 Å². The largest absolute Gasteiger partial charge is 0.338 e. The minimum absolute atomic E-state index is 0.103. The first-order valence-electron chi connectivity index (χ1n) is 7.18. The van der Waals surface area contributed by atoms with Crippen molar-refractivity contribution < 1.29 is 8.78 Å². The summed E-state index contributed by atoms with van der Waals surface area (Å²) in [5.41, 5.74) is 0.556. The van der Waals surface area contributed by atoms with E-state index in [4.69, 9.17) is 0 Å². The molecule has 1 aromatic heterocycles. The number of nitrogens with zero attached hydrogens (tertiary/aromatic N) is 2. The molecule has 21 heavy (non-hydrogen) atoms. The average Bonchev–Trinajstić information content (AvgIpc) is 2.86. The van der Waals surface area contributed by atoms with Gasteiger partial charge < -0.3 is 9.88 Å². The van der Waals surface area contributed by atoms with Gasteiger partial charge in [-0.2, -0.15) is 0 Å². The zero-order valence-corrected chi connectivity index (χ0v) is 12.7. The molecule has 0 aliphatic carbocycles. The maximum atomic E-state index is 14.4. The number of aryl methyl sites for hydroxylation is 2. The van der Waals surface area contributed by atoms with E-state index < -0.39 is 17.7 Å². The molecule has 1 N–H and O–H groups in total. The molecule has 0 saturated carbocycles. The number of hydrogen-bond donors (Lipinski definition) is 1. The third-order valence-corrected chi connectivity index (χ3v) is 3.62. The highest BCUT2D eigenvalue weighted by Crippen LogP contribution is 2.25. The number of hydrogen-bond acceptors (Lipinski definition) is 2. The SMILES string of the molecule is CCCNC(Cc1nccn1C)c1c(F)ccc(C)c1F. The highest BCUT2D eigenvalue weighted by Gasteiger charge is 2.22. The van der Waals surface area contributed by atoms with E-state index in [1.165, 1.54) is 12.1 Å². The number of benzene rings is 1. The van der Waals surface area contributed by atoms with Crippen molar-refractivity contribution in [2.24, 2.45) is 7.05 Å². The smallest absolute Gasteiger partial charge is 0.133 e. The Hall–Kier alpha value is -1.75. The van der Waals surface area contributed by atoms with Crippen molar-refractivity contribution in [3.8, 4) is 0 Å². The molecule has 5 heteroatoms. The molecule has 0 radical (unpaired) electrons. The van der Waals surface area contributed by atoms with Crippen LogP contribution in [0.15, 0.2) is 24.5 Å². The van der Waals surface area contributed by atoms with Gasteiger partial charge in [-0.1, -0.05) is 13.0 Å². The highest BCUT2D eigenvalue weighted by atomic mass is 19.1. The van der Waals surface area contributed by atoms with Gasteiger partial charge in [0.05, 0.1) is 0 Å². The maximum absolute atomic E-state index is 14.4. The van der Waals surface area contributed by atoms with E-state index in [9.17, 15) is 8.78 Å². The van der Waals surface area contributed by atoms with Crippen LogP contribution in [-0.4, -0.2) is 16.1 Å². The van der Waals surface area contributed by atoms with Crippen LogP contribution in [-0.2, 0) is 13.5 Å². The van der Waals surface area contributed by atoms with Gasteiger partial charge >= 0.3 is 0 Å². The Bertz CT molecular complexity index is 608. The molecule has 1 atom stereocenters. The van der Waals surface area contributed by atoms with Crippen LogP contribution in [0, 0.1) is 18.6 Å². The fourth-order valence-corrected chi connectivity index (χ4v) is 2.37. The van der Waals surface area contributed by atoms with E-state index in [0.29, 0.717) is 18.5 Å². The van der Waals surface area contributed by atoms with Crippen molar-refractivity contribution in [1.29, 1.82) is 0 Å². The first-order chi connectivity index (χ1) is 10.0. The van der Waals surface area contributed by atoms with Crippen molar-refractivity contribution in [2.75, 3.05) is 6.54 Å². The van der Waals surface area contributed by atoms with Crippen molar-refractivity contribution >= 4 is 0 Å². The molecule has 1 aromatic carbocycles. The van der Waals surface area contributed by atoms with Crippen LogP contribution in [0.5, 0.6) is 0 Å². The molecule has 0 aliphatic rings. The van der Waals surface area contributed by atoms with Crippen molar-refractivity contribution in [3.63, 3.8) is 0 Å². The van der Waals surface area contributed by atoms with Gasteiger partial charge in [0.2, 0.25) is 0 Å². The lowest BCUT2D eigenvalue weighted by Crippen LogP contribution is -2.27. The number of aromatic nitrogens is 2. The molecule has 3 nitrogen and oxygen atoms in total. The zero-order valence-electron chi connectivity index (χ0n) is 12.7. The maximum Gasteiger partial charge on any atom is 0.133 e. The molecule has 0 amide bonds. The average molecular weight is 293 g/mol. The third kappa shape index (κ3) is 3.47. The van der Waals surface area contributed by atoms with Crippen molar-refractivity contribution in [2.45, 2.75) is 32.7 Å². The van der Waals surface area contributed by atoms with E-state index in [2.05, 4.69) is 10.3 Å². The quantitative estimate of drug-likeness (QED) is 0.885. The number of imidazole rings is 1. The summed E-state index contributed by atoms with van der Waals surface area (Å²) in [4.78, 5) is 4.25. The Balaban J connectivity index is 2.36. The second-order valence-electron chi connectivity index (χ2n) is 5.26. The Kier molecular flexibility index (Phi) is 5.07. The molecule has 0 saturated heterocycles. The molecule has 1 heterocycles. The lowest BCUT2D eigenvalue weighted by Gasteiger charge is -2.21. The predicted octanol–water partition coefficient (Wildman–Crippen LogP) is 3.29. The van der Waals surface area contributed by atoms with Gasteiger partial charge in [0.1, 0.15) is 17.5 Å². The fourth-order valence-electron chi connectivity index (χ4n) is 2.37. The third-order valence-electron chi connectivity index (χ3n) is 3.62. The normalized spacial score (nSPS) is 12.6. The van der Waals surface area contributed by atoms with E-state index in [1.807, 2.05) is 24.7 Å². The monoisotopic (exact) mass is 293 g/mol. The molecular weight excluding hydrogens is 272 g/mol. The van der Waals surface area contributed by atoms with Crippen LogP contribution in [0.1, 0.15) is 36.3 Å². The van der Waals surface area contributed by atoms with Crippen molar-refractivity contribution in [3.05, 3.63) is 53.1 Å². The standard InChI is InChI=1S/C16H21F2N3/c1-4-7-19-13(10-14-20-8-9-21(14)3)15-12(17)6-5-11(2)16(15)18/h5-6,8-9,13,19H,4,7,10H2,1-3H3. The summed E-state index contributed by atoms with van der Waals surface area (Å²) >= 11 is 0. The van der Waals surface area contributed by atoms with Crippen LogP contribution < -0.4 is 5.32 Å². The van der Waals surface area contributed by atoms with Gasteiger partial charge in [-0.05, 0) is 31.5 Å². The Morgan fingerprint density at radius 3 is 2.71 bits per heavy atom. The van der Waals surface area contributed by atoms with Gasteiger partial charge in [-0.15, -0.1) is 0 Å². The summed E-state index contributed by atoms with van der Waals surface area (Å²) in [6, 6.07) is 2.37. The van der Waals surface area contributed by atoms with Crippen LogP contribution in [0.3, 0.4) is 0 Å². The Morgan fingerprint density at radius 1 is 1.33 bits per heavy atom. The summed E-state index contributed by atoms with van der Waals surface area (Å²) in [7, 11) is 1.88. The van der Waals surface area contributed by atoms with Crippen LogP contribution in [0.25, 0.3) is 0 Å². The van der Waals surface area contributed by atoms with E-state index >= 15 is 0 Å².